The number of nitrogens with two attached hydrogens (primary N) is 1. The zero-order valence-corrected chi connectivity index (χ0v) is 11.4. The van der Waals surface area contributed by atoms with Crippen molar-refractivity contribution in [1.82, 2.24) is 15.6 Å². The standard InChI is InChI=1S/C15H16N4O2/c16-13-8-10(9-4-1-2-5-11(9)18-13)14(20)19-12-6-3-7-17-15(12)21/h1-2,4-5,8,12H,3,6-7H2,(H2,16,18)(H,17,21)(H,19,20). The number of carbonyl (C=O) groups is 2. The molecule has 0 bridgehead atoms. The quantitative estimate of drug-likeness (QED) is 0.760. The van der Waals surface area contributed by atoms with E-state index in [1.165, 1.54) is 0 Å². The Morgan fingerprint density at radius 2 is 2.19 bits per heavy atom. The maximum Gasteiger partial charge on any atom is 0.252 e. The number of nitrogen functional groups attached to an aromatic ring is 1. The van der Waals surface area contributed by atoms with E-state index in [-0.39, 0.29) is 17.6 Å². The van der Waals surface area contributed by atoms with Crippen LogP contribution in [0.1, 0.15) is 23.2 Å². The van der Waals surface area contributed by atoms with Crippen molar-refractivity contribution in [2.24, 2.45) is 0 Å². The third-order valence-corrected chi connectivity index (χ3v) is 3.57. The molecule has 6 nitrogen and oxygen atoms in total. The van der Waals surface area contributed by atoms with Crippen molar-refractivity contribution >= 4 is 28.5 Å². The Kier molecular flexibility index (Phi) is 3.43. The first-order valence-corrected chi connectivity index (χ1v) is 6.89. The smallest absolute Gasteiger partial charge is 0.252 e. The predicted molar refractivity (Wildman–Crippen MR) is 79.7 cm³/mol. The van der Waals surface area contributed by atoms with Gasteiger partial charge in [-0.1, -0.05) is 18.2 Å². The minimum absolute atomic E-state index is 0.138. The number of aromatic nitrogens is 1. The third kappa shape index (κ3) is 2.65. The topological polar surface area (TPSA) is 97.1 Å². The number of nitrogens with zero attached hydrogens (tertiary/aromatic N) is 1. The van der Waals surface area contributed by atoms with E-state index in [4.69, 9.17) is 5.73 Å². The summed E-state index contributed by atoms with van der Waals surface area (Å²) in [5.41, 5.74) is 6.86. The molecule has 1 aliphatic rings. The van der Waals surface area contributed by atoms with Crippen LogP contribution in [0.5, 0.6) is 0 Å². The number of rotatable bonds is 2. The lowest BCUT2D eigenvalue weighted by Gasteiger charge is -2.23. The maximum absolute atomic E-state index is 12.5. The summed E-state index contributed by atoms with van der Waals surface area (Å²) in [6, 6.07) is 8.35. The van der Waals surface area contributed by atoms with Gasteiger partial charge < -0.3 is 16.4 Å². The number of carbonyl (C=O) groups excluding carboxylic acids is 2. The normalized spacial score (nSPS) is 18.3. The van der Waals surface area contributed by atoms with E-state index in [1.54, 1.807) is 12.1 Å². The van der Waals surface area contributed by atoms with Crippen molar-refractivity contribution in [2.45, 2.75) is 18.9 Å². The molecule has 108 valence electrons. The lowest BCUT2D eigenvalue weighted by molar-refractivity contribution is -0.124. The van der Waals surface area contributed by atoms with Crippen LogP contribution in [0.25, 0.3) is 10.9 Å². The Balaban J connectivity index is 1.92. The maximum atomic E-state index is 12.5. The van der Waals surface area contributed by atoms with Crippen LogP contribution in [0.15, 0.2) is 30.3 Å². The molecule has 6 heteroatoms. The number of nitrogens with one attached hydrogen (secondary N) is 2. The van der Waals surface area contributed by atoms with E-state index in [0.717, 1.165) is 11.8 Å². The summed E-state index contributed by atoms with van der Waals surface area (Å²) in [6.07, 6.45) is 1.51. The molecule has 1 aromatic heterocycles. The highest BCUT2D eigenvalue weighted by molar-refractivity contribution is 6.08. The van der Waals surface area contributed by atoms with Gasteiger partial charge in [0.25, 0.3) is 5.91 Å². The van der Waals surface area contributed by atoms with E-state index >= 15 is 0 Å². The number of fused-ring (bicyclic) bond motifs is 1. The minimum atomic E-state index is -0.487. The zero-order chi connectivity index (χ0) is 14.8. The van der Waals surface area contributed by atoms with E-state index < -0.39 is 6.04 Å². The minimum Gasteiger partial charge on any atom is -0.384 e. The average Bonchev–Trinajstić information content (AvgIpc) is 2.48. The summed E-state index contributed by atoms with van der Waals surface area (Å²) in [6.45, 7) is 0.663. The Morgan fingerprint density at radius 1 is 1.38 bits per heavy atom. The Hall–Kier alpha value is -2.63. The molecule has 3 rings (SSSR count). The first kappa shape index (κ1) is 13.4. The average molecular weight is 284 g/mol. The monoisotopic (exact) mass is 284 g/mol. The van der Waals surface area contributed by atoms with Crippen molar-refractivity contribution in [3.63, 3.8) is 0 Å². The number of pyridine rings is 1. The van der Waals surface area contributed by atoms with Crippen LogP contribution in [0, 0.1) is 0 Å². The van der Waals surface area contributed by atoms with Gasteiger partial charge in [0, 0.05) is 11.9 Å². The molecule has 21 heavy (non-hydrogen) atoms. The Labute approximate surface area is 121 Å². The van der Waals surface area contributed by atoms with Crippen molar-refractivity contribution in [2.75, 3.05) is 12.3 Å². The SMILES string of the molecule is Nc1cc(C(=O)NC2CCCNC2=O)c2ccccc2n1. The van der Waals surface area contributed by atoms with Gasteiger partial charge in [-0.05, 0) is 25.0 Å². The van der Waals surface area contributed by atoms with Crippen LogP contribution in [0.4, 0.5) is 5.82 Å². The van der Waals surface area contributed by atoms with Crippen LogP contribution in [-0.4, -0.2) is 29.4 Å². The molecule has 2 aromatic rings. The number of anilines is 1. The first-order chi connectivity index (χ1) is 10.1. The largest absolute Gasteiger partial charge is 0.384 e. The third-order valence-electron chi connectivity index (χ3n) is 3.57. The highest BCUT2D eigenvalue weighted by atomic mass is 16.2. The summed E-state index contributed by atoms with van der Waals surface area (Å²) in [5, 5.41) is 6.24. The molecule has 1 aliphatic heterocycles. The number of hydrogen-bond donors (Lipinski definition) is 3. The van der Waals surface area contributed by atoms with E-state index in [1.807, 2.05) is 18.2 Å². The summed E-state index contributed by atoms with van der Waals surface area (Å²) < 4.78 is 0. The summed E-state index contributed by atoms with van der Waals surface area (Å²) >= 11 is 0. The molecule has 1 saturated heterocycles. The summed E-state index contributed by atoms with van der Waals surface area (Å²) in [4.78, 5) is 28.4. The van der Waals surface area contributed by atoms with Crippen LogP contribution in [0.2, 0.25) is 0 Å². The second-order valence-corrected chi connectivity index (χ2v) is 5.07. The molecule has 0 radical (unpaired) electrons. The number of hydrogen-bond acceptors (Lipinski definition) is 4. The predicted octanol–water partition coefficient (Wildman–Crippen LogP) is 0.825. The van der Waals surface area contributed by atoms with Crippen LogP contribution >= 0.6 is 0 Å². The van der Waals surface area contributed by atoms with Gasteiger partial charge >= 0.3 is 0 Å². The molecule has 1 atom stereocenters. The first-order valence-electron chi connectivity index (χ1n) is 6.89. The van der Waals surface area contributed by atoms with Crippen LogP contribution < -0.4 is 16.4 Å². The van der Waals surface area contributed by atoms with Gasteiger partial charge in [-0.3, -0.25) is 9.59 Å². The van der Waals surface area contributed by atoms with Gasteiger partial charge in [-0.15, -0.1) is 0 Å². The van der Waals surface area contributed by atoms with Gasteiger partial charge in [0.05, 0.1) is 11.1 Å². The van der Waals surface area contributed by atoms with E-state index in [2.05, 4.69) is 15.6 Å². The number of piperidine rings is 1. The fourth-order valence-electron chi connectivity index (χ4n) is 2.53. The molecule has 1 aromatic carbocycles. The Bertz CT molecular complexity index is 714. The molecule has 1 unspecified atom stereocenters. The number of benzene rings is 1. The van der Waals surface area contributed by atoms with Crippen LogP contribution in [0.3, 0.4) is 0 Å². The second-order valence-electron chi connectivity index (χ2n) is 5.07. The second kappa shape index (κ2) is 5.40. The Morgan fingerprint density at radius 3 is 3.00 bits per heavy atom. The van der Waals surface area contributed by atoms with Crippen molar-refractivity contribution in [3.8, 4) is 0 Å². The fourth-order valence-corrected chi connectivity index (χ4v) is 2.53. The molecule has 0 spiro atoms. The molecular weight excluding hydrogens is 268 g/mol. The lowest BCUT2D eigenvalue weighted by Crippen LogP contribution is -2.50. The molecule has 0 aliphatic carbocycles. The number of para-hydroxylation sites is 1. The molecule has 2 amide bonds. The zero-order valence-electron chi connectivity index (χ0n) is 11.4. The van der Waals surface area contributed by atoms with Gasteiger partial charge in [-0.25, -0.2) is 4.98 Å². The lowest BCUT2D eigenvalue weighted by atomic mass is 10.0. The molecule has 4 N–H and O–H groups in total. The van der Waals surface area contributed by atoms with Crippen molar-refractivity contribution < 1.29 is 9.59 Å². The van der Waals surface area contributed by atoms with Gasteiger partial charge in [0.1, 0.15) is 11.9 Å². The van der Waals surface area contributed by atoms with Crippen molar-refractivity contribution in [1.29, 1.82) is 0 Å². The highest BCUT2D eigenvalue weighted by Crippen LogP contribution is 2.19. The molecular formula is C15H16N4O2. The molecule has 2 heterocycles. The summed E-state index contributed by atoms with van der Waals surface area (Å²) in [7, 11) is 0. The fraction of sp³-hybridized carbons (Fsp3) is 0.267. The van der Waals surface area contributed by atoms with Gasteiger partial charge in [0.2, 0.25) is 5.91 Å². The van der Waals surface area contributed by atoms with Gasteiger partial charge in [-0.2, -0.15) is 0 Å². The molecule has 0 saturated carbocycles. The number of amides is 2. The van der Waals surface area contributed by atoms with E-state index in [9.17, 15) is 9.59 Å². The molecule has 1 fully saturated rings. The van der Waals surface area contributed by atoms with Gasteiger partial charge in [0.15, 0.2) is 0 Å². The van der Waals surface area contributed by atoms with E-state index in [0.29, 0.717) is 24.0 Å². The summed E-state index contributed by atoms with van der Waals surface area (Å²) in [5.74, 6) is -0.157. The van der Waals surface area contributed by atoms with Crippen LogP contribution in [-0.2, 0) is 4.79 Å². The van der Waals surface area contributed by atoms with Crippen molar-refractivity contribution in [3.05, 3.63) is 35.9 Å². The highest BCUT2D eigenvalue weighted by Gasteiger charge is 2.24.